The first-order valence-electron chi connectivity index (χ1n) is 12.2. The van der Waals surface area contributed by atoms with Gasteiger partial charge in [-0.3, -0.25) is 9.69 Å². The summed E-state index contributed by atoms with van der Waals surface area (Å²) in [6, 6.07) is 7.68. The summed E-state index contributed by atoms with van der Waals surface area (Å²) in [7, 11) is 4.26. The van der Waals surface area contributed by atoms with Gasteiger partial charge in [-0.25, -0.2) is 0 Å². The Bertz CT molecular complexity index is 924. The average Bonchev–Trinajstić information content (AvgIpc) is 3.41. The van der Waals surface area contributed by atoms with Crippen molar-refractivity contribution in [1.82, 2.24) is 14.4 Å². The van der Waals surface area contributed by atoms with E-state index in [0.717, 1.165) is 6.42 Å². The number of benzene rings is 1. The molecule has 0 spiro atoms. The van der Waals surface area contributed by atoms with E-state index < -0.39 is 0 Å². The van der Waals surface area contributed by atoms with Gasteiger partial charge in [0.15, 0.2) is 0 Å². The van der Waals surface area contributed by atoms with Gasteiger partial charge >= 0.3 is 0 Å². The second kappa shape index (κ2) is 8.37. The molecule has 2 aliphatic carbocycles. The Hall–Kier alpha value is -1.81. The number of likely N-dealkylation sites (tertiary alicyclic amines) is 1. The largest absolute Gasteiger partial charge is 0.347 e. The van der Waals surface area contributed by atoms with E-state index in [0.29, 0.717) is 18.5 Å². The summed E-state index contributed by atoms with van der Waals surface area (Å²) < 4.78 is 2.38. The molecule has 2 aromatic rings. The molecular formula is C26H37N3O. The quantitative estimate of drug-likeness (QED) is 0.748. The highest BCUT2D eigenvalue weighted by Crippen LogP contribution is 2.33. The molecule has 1 aliphatic heterocycles. The van der Waals surface area contributed by atoms with E-state index in [2.05, 4.69) is 46.7 Å². The standard InChI is InChI=1S/C26H37N3O/c1-27-22-10-4-3-9-20(22)21-17-19(13-14-23(21)27)18-26(30)28(2)24-11-5-6-12-25(24)29-15-7-8-16-29/h13-14,17,24-25H,3-12,15-16,18H2,1-2H3/t24-,25-/m1/s1. The highest BCUT2D eigenvalue weighted by Gasteiger charge is 2.35. The molecule has 1 aromatic heterocycles. The van der Waals surface area contributed by atoms with Crippen LogP contribution in [0.5, 0.6) is 0 Å². The molecule has 2 heterocycles. The Morgan fingerprint density at radius 3 is 2.63 bits per heavy atom. The molecule has 5 rings (SSSR count). The van der Waals surface area contributed by atoms with Crippen LogP contribution in [-0.2, 0) is 31.1 Å². The lowest BCUT2D eigenvalue weighted by molar-refractivity contribution is -0.133. The lowest BCUT2D eigenvalue weighted by Gasteiger charge is -2.42. The second-order valence-electron chi connectivity index (χ2n) is 9.89. The van der Waals surface area contributed by atoms with E-state index in [1.165, 1.54) is 98.6 Å². The first kappa shape index (κ1) is 20.1. The van der Waals surface area contributed by atoms with Crippen LogP contribution in [0.3, 0.4) is 0 Å². The van der Waals surface area contributed by atoms with Crippen LogP contribution in [0.25, 0.3) is 10.9 Å². The van der Waals surface area contributed by atoms with E-state index in [1.54, 1.807) is 0 Å². The van der Waals surface area contributed by atoms with Gasteiger partial charge in [0.1, 0.15) is 0 Å². The number of hydrogen-bond acceptors (Lipinski definition) is 2. The number of fused-ring (bicyclic) bond motifs is 3. The van der Waals surface area contributed by atoms with Gasteiger partial charge in [-0.2, -0.15) is 0 Å². The highest BCUT2D eigenvalue weighted by molar-refractivity contribution is 5.88. The Kier molecular flexibility index (Phi) is 5.61. The van der Waals surface area contributed by atoms with Crippen LogP contribution in [0.2, 0.25) is 0 Å². The minimum absolute atomic E-state index is 0.287. The third kappa shape index (κ3) is 3.57. The molecule has 0 unspecified atom stereocenters. The summed E-state index contributed by atoms with van der Waals surface area (Å²) in [5.41, 5.74) is 5.54. The zero-order valence-electron chi connectivity index (χ0n) is 18.8. The number of carbonyl (C=O) groups excluding carboxylic acids is 1. The maximum absolute atomic E-state index is 13.3. The Labute approximate surface area is 181 Å². The van der Waals surface area contributed by atoms with E-state index in [1.807, 2.05) is 0 Å². The summed E-state index contributed by atoms with van der Waals surface area (Å²) in [4.78, 5) is 18.1. The van der Waals surface area contributed by atoms with Crippen LogP contribution in [0.1, 0.15) is 68.2 Å². The van der Waals surface area contributed by atoms with Crippen LogP contribution in [0.4, 0.5) is 0 Å². The van der Waals surface area contributed by atoms with Crippen molar-refractivity contribution in [3.63, 3.8) is 0 Å². The van der Waals surface area contributed by atoms with E-state index in [9.17, 15) is 4.79 Å². The van der Waals surface area contributed by atoms with Crippen molar-refractivity contribution in [2.24, 2.45) is 7.05 Å². The van der Waals surface area contributed by atoms with Crippen molar-refractivity contribution in [2.45, 2.75) is 82.7 Å². The van der Waals surface area contributed by atoms with Crippen LogP contribution < -0.4 is 0 Å². The van der Waals surface area contributed by atoms with Gasteiger partial charge in [-0.05, 0) is 87.7 Å². The average molecular weight is 408 g/mol. The first-order valence-corrected chi connectivity index (χ1v) is 12.2. The fourth-order valence-electron chi connectivity index (χ4n) is 6.45. The molecule has 1 saturated carbocycles. The second-order valence-corrected chi connectivity index (χ2v) is 9.89. The third-order valence-corrected chi connectivity index (χ3v) is 8.14. The zero-order valence-corrected chi connectivity index (χ0v) is 18.8. The third-order valence-electron chi connectivity index (χ3n) is 8.14. The Morgan fingerprint density at radius 1 is 1.03 bits per heavy atom. The molecule has 1 aromatic carbocycles. The number of likely N-dealkylation sites (N-methyl/N-ethyl adjacent to an activating group) is 1. The summed E-state index contributed by atoms with van der Waals surface area (Å²) in [5, 5.41) is 1.38. The molecular weight excluding hydrogens is 370 g/mol. The van der Waals surface area contributed by atoms with Crippen LogP contribution in [0, 0.1) is 0 Å². The number of nitrogens with zero attached hydrogens (tertiary/aromatic N) is 3. The molecule has 0 radical (unpaired) electrons. The van der Waals surface area contributed by atoms with Crippen molar-refractivity contribution in [3.8, 4) is 0 Å². The smallest absolute Gasteiger partial charge is 0.227 e. The summed E-state index contributed by atoms with van der Waals surface area (Å²) in [5.74, 6) is 0.287. The monoisotopic (exact) mass is 407 g/mol. The van der Waals surface area contributed by atoms with Crippen molar-refractivity contribution >= 4 is 16.8 Å². The van der Waals surface area contributed by atoms with Gasteiger partial charge in [-0.15, -0.1) is 0 Å². The minimum Gasteiger partial charge on any atom is -0.347 e. The highest BCUT2D eigenvalue weighted by atomic mass is 16.2. The molecule has 1 saturated heterocycles. The normalized spacial score (nSPS) is 24.9. The number of aryl methyl sites for hydroxylation is 2. The van der Waals surface area contributed by atoms with Crippen molar-refractivity contribution < 1.29 is 4.79 Å². The summed E-state index contributed by atoms with van der Waals surface area (Å²) >= 11 is 0. The number of rotatable bonds is 4. The van der Waals surface area contributed by atoms with Gasteiger partial charge in [0.25, 0.3) is 0 Å². The van der Waals surface area contributed by atoms with Gasteiger partial charge < -0.3 is 9.47 Å². The number of carbonyl (C=O) groups is 1. The van der Waals surface area contributed by atoms with Gasteiger partial charge in [0, 0.05) is 42.8 Å². The van der Waals surface area contributed by atoms with Crippen molar-refractivity contribution in [1.29, 1.82) is 0 Å². The molecule has 4 heteroatoms. The maximum Gasteiger partial charge on any atom is 0.227 e. The Morgan fingerprint density at radius 2 is 1.80 bits per heavy atom. The summed E-state index contributed by atoms with van der Waals surface area (Å²) in [6.45, 7) is 2.44. The van der Waals surface area contributed by atoms with E-state index in [-0.39, 0.29) is 5.91 Å². The molecule has 2 fully saturated rings. The molecule has 3 aliphatic rings. The molecule has 30 heavy (non-hydrogen) atoms. The zero-order chi connectivity index (χ0) is 20.7. The van der Waals surface area contributed by atoms with Crippen LogP contribution >= 0.6 is 0 Å². The Balaban J connectivity index is 1.34. The van der Waals surface area contributed by atoms with Gasteiger partial charge in [0.05, 0.1) is 6.42 Å². The SMILES string of the molecule is CN(C(=O)Cc1ccc2c(c1)c1c(n2C)CCCC1)[C@@H]1CCCC[C@H]1N1CCCC1. The number of amides is 1. The van der Waals surface area contributed by atoms with Crippen LogP contribution in [-0.4, -0.2) is 52.5 Å². The van der Waals surface area contributed by atoms with Gasteiger partial charge in [-0.1, -0.05) is 18.9 Å². The van der Waals surface area contributed by atoms with Crippen molar-refractivity contribution in [3.05, 3.63) is 35.0 Å². The van der Waals surface area contributed by atoms with Crippen LogP contribution in [0.15, 0.2) is 18.2 Å². The molecule has 1 amide bonds. The van der Waals surface area contributed by atoms with Gasteiger partial charge in [0.2, 0.25) is 5.91 Å². The fourth-order valence-corrected chi connectivity index (χ4v) is 6.45. The van der Waals surface area contributed by atoms with E-state index >= 15 is 0 Å². The predicted molar refractivity (Wildman–Crippen MR) is 123 cm³/mol. The number of hydrogen-bond donors (Lipinski definition) is 0. The van der Waals surface area contributed by atoms with Crippen molar-refractivity contribution in [2.75, 3.05) is 20.1 Å². The summed E-state index contributed by atoms with van der Waals surface area (Å²) in [6.07, 6.45) is 13.1. The number of aromatic nitrogens is 1. The van der Waals surface area contributed by atoms with E-state index in [4.69, 9.17) is 0 Å². The maximum atomic E-state index is 13.3. The lowest BCUT2D eigenvalue weighted by Crippen LogP contribution is -2.53. The predicted octanol–water partition coefficient (Wildman–Crippen LogP) is 4.47. The lowest BCUT2D eigenvalue weighted by atomic mass is 9.88. The topological polar surface area (TPSA) is 28.5 Å². The fraction of sp³-hybridized carbons (Fsp3) is 0.654. The minimum atomic E-state index is 0.287. The molecule has 0 bridgehead atoms. The molecule has 4 nitrogen and oxygen atoms in total. The molecule has 2 atom stereocenters. The molecule has 0 N–H and O–H groups in total. The molecule has 162 valence electrons. The first-order chi connectivity index (χ1) is 14.6.